The largest absolute Gasteiger partial charge is 0.369 e. The number of nitrogens with one attached hydrogen (secondary N) is 5. The molecule has 0 bridgehead atoms. The first-order valence-corrected chi connectivity index (χ1v) is 13.1. The summed E-state index contributed by atoms with van der Waals surface area (Å²) in [4.78, 5) is 58.8. The van der Waals surface area contributed by atoms with Crippen molar-refractivity contribution in [3.05, 3.63) is 53.7 Å². The van der Waals surface area contributed by atoms with Crippen molar-refractivity contribution in [2.45, 2.75) is 32.7 Å². The number of nitrogens with two attached hydrogens (primary N) is 1. The third-order valence-electron chi connectivity index (χ3n) is 5.43. The average Bonchev–Trinajstić information content (AvgIpc) is 2.91. The summed E-state index contributed by atoms with van der Waals surface area (Å²) in [6.45, 7) is 5.47. The fourth-order valence-corrected chi connectivity index (χ4v) is 3.28. The number of primary amides is 1. The first kappa shape index (κ1) is 31.7. The molecule has 0 spiro atoms. The van der Waals surface area contributed by atoms with Crippen molar-refractivity contribution in [3.8, 4) is 0 Å². The first-order valence-electron chi connectivity index (χ1n) is 13.1. The van der Waals surface area contributed by atoms with E-state index < -0.39 is 11.9 Å². The van der Waals surface area contributed by atoms with Gasteiger partial charge in [-0.25, -0.2) is 4.98 Å². The maximum atomic E-state index is 12.8. The van der Waals surface area contributed by atoms with Gasteiger partial charge in [0.25, 0.3) is 5.91 Å². The summed E-state index contributed by atoms with van der Waals surface area (Å²) >= 11 is 0. The van der Waals surface area contributed by atoms with E-state index in [0.717, 1.165) is 6.42 Å². The summed E-state index contributed by atoms with van der Waals surface area (Å²) in [5.41, 5.74) is 6.59. The number of nitrogens with zero attached hydrogens (tertiary/aromatic N) is 3. The molecule has 0 unspecified atom stereocenters. The van der Waals surface area contributed by atoms with Crippen molar-refractivity contribution in [1.29, 1.82) is 0 Å². The lowest BCUT2D eigenvalue weighted by molar-refractivity contribution is -0.126. The Labute approximate surface area is 234 Å². The summed E-state index contributed by atoms with van der Waals surface area (Å²) in [5, 5.41) is 14.4. The maximum absolute atomic E-state index is 12.8. The predicted octanol–water partition coefficient (Wildman–Crippen LogP) is 1.000. The first-order chi connectivity index (χ1) is 19.1. The molecule has 4 amide bonds. The van der Waals surface area contributed by atoms with Crippen LogP contribution < -0.4 is 32.3 Å². The number of anilines is 3. The summed E-state index contributed by atoms with van der Waals surface area (Å²) in [7, 11) is 3.78. The van der Waals surface area contributed by atoms with Crippen molar-refractivity contribution in [2.24, 2.45) is 5.73 Å². The highest BCUT2D eigenvalue weighted by molar-refractivity contribution is 5.98. The second-order valence-electron chi connectivity index (χ2n) is 9.24. The van der Waals surface area contributed by atoms with Crippen LogP contribution in [0.2, 0.25) is 0 Å². The van der Waals surface area contributed by atoms with Gasteiger partial charge in [-0.2, -0.15) is 4.98 Å². The highest BCUT2D eigenvalue weighted by Gasteiger charge is 2.16. The average molecular weight is 554 g/mol. The van der Waals surface area contributed by atoms with Crippen LogP contribution in [0.4, 0.5) is 17.5 Å². The molecule has 40 heavy (non-hydrogen) atoms. The summed E-state index contributed by atoms with van der Waals surface area (Å²) in [6.07, 6.45) is 5.86. The molecule has 1 aromatic carbocycles. The Hall–Kier alpha value is -4.52. The Morgan fingerprint density at radius 2 is 1.75 bits per heavy atom. The van der Waals surface area contributed by atoms with E-state index in [2.05, 4.69) is 36.6 Å². The van der Waals surface area contributed by atoms with Crippen molar-refractivity contribution in [2.75, 3.05) is 50.9 Å². The Balaban J connectivity index is 1.85. The lowest BCUT2D eigenvalue weighted by Crippen LogP contribution is -2.45. The molecule has 0 aliphatic rings. The van der Waals surface area contributed by atoms with Crippen LogP contribution in [0, 0.1) is 0 Å². The maximum Gasteiger partial charge on any atom is 0.256 e. The van der Waals surface area contributed by atoms with Gasteiger partial charge in [0.05, 0.1) is 0 Å². The molecule has 2 rings (SSSR count). The normalized spacial score (nSPS) is 11.6. The van der Waals surface area contributed by atoms with E-state index >= 15 is 0 Å². The van der Waals surface area contributed by atoms with E-state index in [1.54, 1.807) is 37.3 Å². The lowest BCUT2D eigenvalue weighted by Gasteiger charge is -2.14. The molecule has 2 aromatic rings. The molecule has 7 N–H and O–H groups in total. The van der Waals surface area contributed by atoms with Crippen molar-refractivity contribution >= 4 is 41.1 Å². The third kappa shape index (κ3) is 11.1. The number of hydrogen-bond acceptors (Lipinski definition) is 9. The van der Waals surface area contributed by atoms with Crippen LogP contribution in [0.25, 0.3) is 0 Å². The Bertz CT molecular complexity index is 1180. The lowest BCUT2D eigenvalue weighted by atomic mass is 10.2. The number of rotatable bonds is 16. The van der Waals surface area contributed by atoms with Crippen LogP contribution in [-0.2, 0) is 9.59 Å². The molecular weight excluding hydrogens is 514 g/mol. The third-order valence-corrected chi connectivity index (χ3v) is 5.43. The van der Waals surface area contributed by atoms with Gasteiger partial charge < -0.3 is 37.2 Å². The molecule has 0 saturated carbocycles. The summed E-state index contributed by atoms with van der Waals surface area (Å²) < 4.78 is 0. The number of aromatic nitrogens is 2. The smallest absolute Gasteiger partial charge is 0.256 e. The van der Waals surface area contributed by atoms with Crippen molar-refractivity contribution in [3.63, 3.8) is 0 Å². The topological polar surface area (TPSA) is 183 Å². The SMILES string of the molecule is CCCNc1nc(Nc2ccc(C(N)=O)cc2)ncc1C(=O)NCCCNC(=O)[C@H](C)NC(=O)/C=C/CN(C)C. The molecule has 0 aliphatic heterocycles. The number of benzene rings is 1. The van der Waals surface area contributed by atoms with E-state index in [9.17, 15) is 19.2 Å². The second-order valence-corrected chi connectivity index (χ2v) is 9.24. The Kier molecular flexibility index (Phi) is 13.0. The zero-order valence-electron chi connectivity index (χ0n) is 23.4. The highest BCUT2D eigenvalue weighted by atomic mass is 16.2. The van der Waals surface area contributed by atoms with Crippen LogP contribution in [0.3, 0.4) is 0 Å². The molecular formula is C27H39N9O4. The minimum absolute atomic E-state index is 0.277. The van der Waals surface area contributed by atoms with Crippen LogP contribution >= 0.6 is 0 Å². The molecule has 1 aromatic heterocycles. The van der Waals surface area contributed by atoms with Gasteiger partial charge in [0, 0.05) is 49.7 Å². The molecule has 216 valence electrons. The Morgan fingerprint density at radius 1 is 1.05 bits per heavy atom. The summed E-state index contributed by atoms with van der Waals surface area (Å²) in [6, 6.07) is 5.85. The van der Waals surface area contributed by atoms with Crippen LogP contribution in [0.1, 0.15) is 47.4 Å². The molecule has 1 atom stereocenters. The number of amides is 4. The molecule has 0 radical (unpaired) electrons. The second kappa shape index (κ2) is 16.4. The van der Waals surface area contributed by atoms with E-state index in [1.807, 2.05) is 25.9 Å². The predicted molar refractivity (Wildman–Crippen MR) is 154 cm³/mol. The Morgan fingerprint density at radius 3 is 2.40 bits per heavy atom. The molecule has 13 nitrogen and oxygen atoms in total. The van der Waals surface area contributed by atoms with Gasteiger partial charge >= 0.3 is 0 Å². The van der Waals surface area contributed by atoms with Crippen LogP contribution in [0.5, 0.6) is 0 Å². The number of carbonyl (C=O) groups is 4. The fourth-order valence-electron chi connectivity index (χ4n) is 3.28. The van der Waals surface area contributed by atoms with E-state index in [1.165, 1.54) is 12.3 Å². The summed E-state index contributed by atoms with van der Waals surface area (Å²) in [5.74, 6) is -0.871. The number of carbonyl (C=O) groups excluding carboxylic acids is 4. The van der Waals surface area contributed by atoms with Gasteiger partial charge in [0.2, 0.25) is 23.7 Å². The zero-order valence-corrected chi connectivity index (χ0v) is 23.4. The quantitative estimate of drug-likeness (QED) is 0.130. The van der Waals surface area contributed by atoms with Crippen LogP contribution in [0.15, 0.2) is 42.6 Å². The molecule has 0 saturated heterocycles. The molecule has 0 fully saturated rings. The molecule has 13 heteroatoms. The van der Waals surface area contributed by atoms with Gasteiger partial charge in [-0.05, 0) is 58.1 Å². The van der Waals surface area contributed by atoms with Gasteiger partial charge in [-0.1, -0.05) is 13.0 Å². The zero-order chi connectivity index (χ0) is 29.5. The molecule has 1 heterocycles. The number of hydrogen-bond donors (Lipinski definition) is 6. The minimum Gasteiger partial charge on any atom is -0.369 e. The highest BCUT2D eigenvalue weighted by Crippen LogP contribution is 2.18. The van der Waals surface area contributed by atoms with Crippen LogP contribution in [-0.4, -0.2) is 84.8 Å². The molecule has 0 aliphatic carbocycles. The van der Waals surface area contributed by atoms with Crippen molar-refractivity contribution < 1.29 is 19.2 Å². The number of likely N-dealkylation sites (N-methyl/N-ethyl adjacent to an activating group) is 1. The fraction of sp³-hybridized carbons (Fsp3) is 0.407. The van der Waals surface area contributed by atoms with Gasteiger partial charge in [0.1, 0.15) is 17.4 Å². The van der Waals surface area contributed by atoms with Gasteiger partial charge in [-0.15, -0.1) is 0 Å². The van der Waals surface area contributed by atoms with Crippen molar-refractivity contribution in [1.82, 2.24) is 30.8 Å². The van der Waals surface area contributed by atoms with E-state index in [-0.39, 0.29) is 29.2 Å². The van der Waals surface area contributed by atoms with E-state index in [0.29, 0.717) is 49.7 Å². The van der Waals surface area contributed by atoms with Gasteiger partial charge in [-0.3, -0.25) is 19.2 Å². The standard InChI is InChI=1S/C27H39N9O4/c1-5-13-29-24-21(17-32-27(35-24)34-20-11-9-19(10-12-20)23(28)38)26(40)31-15-7-14-30-25(39)18(2)33-22(37)8-6-16-36(3)4/h6,8-12,17-18H,5,7,13-16H2,1-4H3,(H2,28,38)(H,30,39)(H,31,40)(H,33,37)(H2,29,32,34,35)/b8-6+/t18-/m0/s1. The minimum atomic E-state index is -0.691. The monoisotopic (exact) mass is 553 g/mol. The van der Waals surface area contributed by atoms with E-state index in [4.69, 9.17) is 5.73 Å². The van der Waals surface area contributed by atoms with Gasteiger partial charge in [0.15, 0.2) is 0 Å².